The van der Waals surface area contributed by atoms with E-state index in [2.05, 4.69) is 9.97 Å². The molecule has 0 radical (unpaired) electrons. The summed E-state index contributed by atoms with van der Waals surface area (Å²) >= 11 is 0. The van der Waals surface area contributed by atoms with Gasteiger partial charge in [-0.05, 0) is 25.1 Å². The Hall–Kier alpha value is -2.30. The maximum Gasteiger partial charge on any atom is 0.316 e. The Labute approximate surface area is 112 Å². The largest absolute Gasteiger partial charge is 0.496 e. The molecule has 1 aromatic carbocycles. The van der Waals surface area contributed by atoms with Gasteiger partial charge in [0.05, 0.1) is 27.0 Å². The number of aromatic nitrogens is 2. The van der Waals surface area contributed by atoms with Gasteiger partial charge in [-0.2, -0.15) is 4.98 Å². The summed E-state index contributed by atoms with van der Waals surface area (Å²) in [5, 5.41) is 0. The van der Waals surface area contributed by atoms with E-state index in [9.17, 15) is 0 Å². The Bertz CT molecular complexity index is 585. The second-order valence-corrected chi connectivity index (χ2v) is 3.90. The summed E-state index contributed by atoms with van der Waals surface area (Å²) in [6.07, 6.45) is 1.65. The van der Waals surface area contributed by atoms with E-state index in [1.54, 1.807) is 20.4 Å². The quantitative estimate of drug-likeness (QED) is 0.845. The van der Waals surface area contributed by atoms with Crippen molar-refractivity contribution in [2.45, 2.75) is 6.92 Å². The monoisotopic (exact) mass is 260 g/mol. The summed E-state index contributed by atoms with van der Waals surface area (Å²) < 4.78 is 15.8. The molecule has 5 nitrogen and oxygen atoms in total. The molecule has 2 rings (SSSR count). The highest BCUT2D eigenvalue weighted by molar-refractivity contribution is 5.71. The van der Waals surface area contributed by atoms with Gasteiger partial charge in [0, 0.05) is 17.3 Å². The highest BCUT2D eigenvalue weighted by Crippen LogP contribution is 2.37. The van der Waals surface area contributed by atoms with E-state index < -0.39 is 0 Å². The number of benzene rings is 1. The molecule has 0 saturated heterocycles. The second-order valence-electron chi connectivity index (χ2n) is 3.90. The SMILES string of the molecule is COc1nccc(-c2ccc(OC)c(C)c2OC)n1. The molecule has 0 fully saturated rings. The predicted octanol–water partition coefficient (Wildman–Crippen LogP) is 2.48. The molecule has 0 bridgehead atoms. The fourth-order valence-corrected chi connectivity index (χ4v) is 1.95. The molecule has 5 heteroatoms. The van der Waals surface area contributed by atoms with Gasteiger partial charge in [-0.3, -0.25) is 0 Å². The molecule has 0 atom stereocenters. The first-order chi connectivity index (χ1) is 9.21. The van der Waals surface area contributed by atoms with Crippen molar-refractivity contribution in [3.05, 3.63) is 30.0 Å². The van der Waals surface area contributed by atoms with Gasteiger partial charge in [-0.1, -0.05) is 0 Å². The normalized spacial score (nSPS) is 10.1. The van der Waals surface area contributed by atoms with Gasteiger partial charge in [0.15, 0.2) is 0 Å². The second kappa shape index (κ2) is 5.56. The van der Waals surface area contributed by atoms with Crippen LogP contribution in [0.25, 0.3) is 11.3 Å². The fourth-order valence-electron chi connectivity index (χ4n) is 1.95. The lowest BCUT2D eigenvalue weighted by molar-refractivity contribution is 0.379. The Kier molecular flexibility index (Phi) is 3.85. The summed E-state index contributed by atoms with van der Waals surface area (Å²) in [6.45, 7) is 1.94. The van der Waals surface area contributed by atoms with Crippen molar-refractivity contribution < 1.29 is 14.2 Å². The van der Waals surface area contributed by atoms with E-state index in [1.165, 1.54) is 7.11 Å². The molecule has 0 unspecified atom stereocenters. The van der Waals surface area contributed by atoms with E-state index >= 15 is 0 Å². The van der Waals surface area contributed by atoms with Crippen molar-refractivity contribution in [1.29, 1.82) is 0 Å². The van der Waals surface area contributed by atoms with Gasteiger partial charge < -0.3 is 14.2 Å². The average Bonchev–Trinajstić information content (AvgIpc) is 2.47. The molecule has 0 N–H and O–H groups in total. The molecule has 0 aliphatic rings. The zero-order valence-corrected chi connectivity index (χ0v) is 11.4. The van der Waals surface area contributed by atoms with Crippen LogP contribution in [0.15, 0.2) is 24.4 Å². The maximum absolute atomic E-state index is 5.47. The minimum absolute atomic E-state index is 0.327. The van der Waals surface area contributed by atoms with Crippen LogP contribution in [0, 0.1) is 6.92 Å². The third-order valence-electron chi connectivity index (χ3n) is 2.87. The highest BCUT2D eigenvalue weighted by atomic mass is 16.5. The van der Waals surface area contributed by atoms with Crippen LogP contribution in [0.5, 0.6) is 17.5 Å². The van der Waals surface area contributed by atoms with E-state index in [0.29, 0.717) is 6.01 Å². The first kappa shape index (κ1) is 13.1. The Morgan fingerprint density at radius 1 is 0.947 bits per heavy atom. The standard InChI is InChI=1S/C14H16N2O3/c1-9-12(17-2)6-5-10(13(9)18-3)11-7-8-15-14(16-11)19-4/h5-8H,1-4H3. The van der Waals surface area contributed by atoms with Crippen LogP contribution in [0.3, 0.4) is 0 Å². The molecular formula is C14H16N2O3. The third kappa shape index (κ3) is 2.45. The molecule has 0 aliphatic heterocycles. The number of methoxy groups -OCH3 is 3. The molecule has 2 aromatic rings. The van der Waals surface area contributed by atoms with Gasteiger partial charge >= 0.3 is 6.01 Å². The van der Waals surface area contributed by atoms with Gasteiger partial charge in [0.25, 0.3) is 0 Å². The van der Waals surface area contributed by atoms with Gasteiger partial charge in [0.1, 0.15) is 11.5 Å². The highest BCUT2D eigenvalue weighted by Gasteiger charge is 2.14. The van der Waals surface area contributed by atoms with Crippen LogP contribution < -0.4 is 14.2 Å². The van der Waals surface area contributed by atoms with Crippen molar-refractivity contribution >= 4 is 0 Å². The van der Waals surface area contributed by atoms with Crippen molar-refractivity contribution in [2.75, 3.05) is 21.3 Å². The zero-order valence-electron chi connectivity index (χ0n) is 11.4. The third-order valence-corrected chi connectivity index (χ3v) is 2.87. The van der Waals surface area contributed by atoms with Gasteiger partial charge in [-0.15, -0.1) is 0 Å². The van der Waals surface area contributed by atoms with Crippen LogP contribution in [-0.4, -0.2) is 31.3 Å². The molecule has 0 spiro atoms. The molecule has 0 saturated carbocycles. The van der Waals surface area contributed by atoms with Crippen LogP contribution >= 0.6 is 0 Å². The Balaban J connectivity index is 2.58. The first-order valence-electron chi connectivity index (χ1n) is 5.80. The number of rotatable bonds is 4. The first-order valence-corrected chi connectivity index (χ1v) is 5.80. The van der Waals surface area contributed by atoms with Crippen molar-refractivity contribution in [1.82, 2.24) is 9.97 Å². The average molecular weight is 260 g/mol. The fraction of sp³-hybridized carbons (Fsp3) is 0.286. The van der Waals surface area contributed by atoms with Gasteiger partial charge in [-0.25, -0.2) is 4.98 Å². The molecular weight excluding hydrogens is 244 g/mol. The van der Waals surface area contributed by atoms with Crippen molar-refractivity contribution in [2.24, 2.45) is 0 Å². The zero-order chi connectivity index (χ0) is 13.8. The summed E-state index contributed by atoms with van der Waals surface area (Å²) in [5.74, 6) is 1.52. The minimum atomic E-state index is 0.327. The van der Waals surface area contributed by atoms with E-state index in [4.69, 9.17) is 14.2 Å². The van der Waals surface area contributed by atoms with Crippen molar-refractivity contribution in [3.63, 3.8) is 0 Å². The number of hydrogen-bond donors (Lipinski definition) is 0. The topological polar surface area (TPSA) is 53.5 Å². The summed E-state index contributed by atoms with van der Waals surface area (Å²) in [5.41, 5.74) is 2.55. The molecule has 0 aliphatic carbocycles. The molecule has 100 valence electrons. The summed E-state index contributed by atoms with van der Waals surface area (Å²) in [6, 6.07) is 5.94. The summed E-state index contributed by atoms with van der Waals surface area (Å²) in [4.78, 5) is 8.31. The predicted molar refractivity (Wildman–Crippen MR) is 71.9 cm³/mol. The Morgan fingerprint density at radius 2 is 1.74 bits per heavy atom. The van der Waals surface area contributed by atoms with E-state index in [1.807, 2.05) is 25.1 Å². The van der Waals surface area contributed by atoms with Crippen LogP contribution in [0.1, 0.15) is 5.56 Å². The molecule has 1 heterocycles. The molecule has 1 aromatic heterocycles. The summed E-state index contributed by atoms with van der Waals surface area (Å²) in [7, 11) is 4.80. The number of nitrogens with zero attached hydrogens (tertiary/aromatic N) is 2. The number of ether oxygens (including phenoxy) is 3. The molecule has 19 heavy (non-hydrogen) atoms. The minimum Gasteiger partial charge on any atom is -0.496 e. The lowest BCUT2D eigenvalue weighted by Gasteiger charge is -2.14. The van der Waals surface area contributed by atoms with E-state index in [-0.39, 0.29) is 0 Å². The Morgan fingerprint density at radius 3 is 2.37 bits per heavy atom. The van der Waals surface area contributed by atoms with Crippen LogP contribution in [0.2, 0.25) is 0 Å². The van der Waals surface area contributed by atoms with Crippen molar-refractivity contribution in [3.8, 4) is 28.8 Å². The van der Waals surface area contributed by atoms with Gasteiger partial charge in [0.2, 0.25) is 0 Å². The van der Waals surface area contributed by atoms with Crippen LogP contribution in [0.4, 0.5) is 0 Å². The lowest BCUT2D eigenvalue weighted by atomic mass is 10.1. The number of hydrogen-bond acceptors (Lipinski definition) is 5. The van der Waals surface area contributed by atoms with Crippen LogP contribution in [-0.2, 0) is 0 Å². The smallest absolute Gasteiger partial charge is 0.316 e. The molecule has 0 amide bonds. The lowest BCUT2D eigenvalue weighted by Crippen LogP contribution is -1.98. The maximum atomic E-state index is 5.47. The van der Waals surface area contributed by atoms with E-state index in [0.717, 1.165) is 28.3 Å².